The molecule has 0 aliphatic carbocycles. The van der Waals surface area contributed by atoms with Gasteiger partial charge in [-0.3, -0.25) is 4.84 Å². The van der Waals surface area contributed by atoms with E-state index in [1.807, 2.05) is 30.3 Å². The number of nitrogens with one attached hydrogen (secondary N) is 1. The molecule has 0 unspecified atom stereocenters. The predicted octanol–water partition coefficient (Wildman–Crippen LogP) is 1.84. The SMILES string of the molecule is C=Nc1nc(NOC)nc(-c2ccccc2)n1. The van der Waals surface area contributed by atoms with Gasteiger partial charge in [0.1, 0.15) is 0 Å². The number of aromatic nitrogens is 3. The Morgan fingerprint density at radius 3 is 2.59 bits per heavy atom. The van der Waals surface area contributed by atoms with Gasteiger partial charge in [0.15, 0.2) is 5.82 Å². The van der Waals surface area contributed by atoms with Crippen molar-refractivity contribution in [3.05, 3.63) is 30.3 Å². The molecule has 86 valence electrons. The van der Waals surface area contributed by atoms with Crippen molar-refractivity contribution in [1.82, 2.24) is 15.0 Å². The summed E-state index contributed by atoms with van der Waals surface area (Å²) in [6.45, 7) is 3.40. The smallest absolute Gasteiger partial charge is 0.254 e. The summed E-state index contributed by atoms with van der Waals surface area (Å²) < 4.78 is 0. The van der Waals surface area contributed by atoms with Crippen LogP contribution in [0.15, 0.2) is 35.3 Å². The molecular weight excluding hydrogens is 218 g/mol. The maximum atomic E-state index is 4.75. The van der Waals surface area contributed by atoms with Gasteiger partial charge >= 0.3 is 0 Å². The molecule has 0 radical (unpaired) electrons. The van der Waals surface area contributed by atoms with E-state index in [4.69, 9.17) is 4.84 Å². The molecule has 0 fully saturated rings. The Labute approximate surface area is 98.4 Å². The number of benzene rings is 1. The molecule has 0 amide bonds. The fourth-order valence-electron chi connectivity index (χ4n) is 1.29. The molecule has 2 rings (SSSR count). The van der Waals surface area contributed by atoms with Crippen LogP contribution in [-0.2, 0) is 4.84 Å². The van der Waals surface area contributed by atoms with Crippen molar-refractivity contribution < 1.29 is 4.84 Å². The molecule has 0 aliphatic heterocycles. The Kier molecular flexibility index (Phi) is 3.37. The zero-order valence-electron chi connectivity index (χ0n) is 9.29. The van der Waals surface area contributed by atoms with Crippen LogP contribution in [0.25, 0.3) is 11.4 Å². The molecule has 2 aromatic rings. The lowest BCUT2D eigenvalue weighted by molar-refractivity contribution is 0.267. The maximum Gasteiger partial charge on any atom is 0.254 e. The van der Waals surface area contributed by atoms with Crippen molar-refractivity contribution >= 4 is 18.6 Å². The van der Waals surface area contributed by atoms with E-state index in [0.29, 0.717) is 11.8 Å². The van der Waals surface area contributed by atoms with Gasteiger partial charge in [-0.25, -0.2) is 10.5 Å². The average molecular weight is 229 g/mol. The topological polar surface area (TPSA) is 72.3 Å². The van der Waals surface area contributed by atoms with Crippen LogP contribution in [0.4, 0.5) is 11.9 Å². The molecule has 1 heterocycles. The zero-order chi connectivity index (χ0) is 12.1. The summed E-state index contributed by atoms with van der Waals surface area (Å²) in [5, 5.41) is 0. The average Bonchev–Trinajstić information content (AvgIpc) is 2.40. The second-order valence-electron chi connectivity index (χ2n) is 3.11. The Morgan fingerprint density at radius 2 is 1.94 bits per heavy atom. The van der Waals surface area contributed by atoms with Crippen molar-refractivity contribution in [2.24, 2.45) is 4.99 Å². The first-order chi connectivity index (χ1) is 8.33. The summed E-state index contributed by atoms with van der Waals surface area (Å²) in [5.41, 5.74) is 3.42. The summed E-state index contributed by atoms with van der Waals surface area (Å²) in [7, 11) is 1.48. The standard InChI is InChI=1S/C11H11N5O/c1-12-10-13-9(8-6-4-3-5-7-8)14-11(15-10)16-17-2/h3-7H,1H2,2H3,(H,13,14,15,16). The molecule has 1 N–H and O–H groups in total. The van der Waals surface area contributed by atoms with E-state index in [9.17, 15) is 0 Å². The minimum atomic E-state index is 0.249. The van der Waals surface area contributed by atoms with Gasteiger partial charge in [-0.2, -0.15) is 15.0 Å². The normalized spacial score (nSPS) is 9.94. The van der Waals surface area contributed by atoms with Crippen LogP contribution in [0.3, 0.4) is 0 Å². The molecule has 1 aromatic heterocycles. The molecule has 6 nitrogen and oxygen atoms in total. The van der Waals surface area contributed by atoms with E-state index in [-0.39, 0.29) is 5.95 Å². The van der Waals surface area contributed by atoms with Gasteiger partial charge in [-0.1, -0.05) is 30.3 Å². The molecule has 17 heavy (non-hydrogen) atoms. The molecule has 0 spiro atoms. The highest BCUT2D eigenvalue weighted by atomic mass is 16.6. The summed E-state index contributed by atoms with van der Waals surface area (Å²) in [5.74, 6) is 1.06. The lowest BCUT2D eigenvalue weighted by Crippen LogP contribution is -2.03. The second-order valence-corrected chi connectivity index (χ2v) is 3.11. The van der Waals surface area contributed by atoms with Crippen LogP contribution < -0.4 is 5.48 Å². The van der Waals surface area contributed by atoms with Crippen molar-refractivity contribution in [2.75, 3.05) is 12.6 Å². The first-order valence-corrected chi connectivity index (χ1v) is 4.90. The molecule has 0 aliphatic rings. The zero-order valence-corrected chi connectivity index (χ0v) is 9.29. The highest BCUT2D eigenvalue weighted by Crippen LogP contribution is 2.18. The van der Waals surface area contributed by atoms with E-state index >= 15 is 0 Å². The fraction of sp³-hybridized carbons (Fsp3) is 0.0909. The van der Waals surface area contributed by atoms with Gasteiger partial charge in [0, 0.05) is 5.56 Å². The van der Waals surface area contributed by atoms with Crippen LogP contribution in [0.5, 0.6) is 0 Å². The minimum Gasteiger partial charge on any atom is -0.277 e. The molecule has 1 aromatic carbocycles. The summed E-state index contributed by atoms with van der Waals surface area (Å²) in [4.78, 5) is 20.8. The van der Waals surface area contributed by atoms with Crippen molar-refractivity contribution in [3.8, 4) is 11.4 Å². The number of nitrogens with zero attached hydrogens (tertiary/aromatic N) is 4. The van der Waals surface area contributed by atoms with E-state index in [1.54, 1.807) is 0 Å². The van der Waals surface area contributed by atoms with Crippen LogP contribution in [0.2, 0.25) is 0 Å². The van der Waals surface area contributed by atoms with Gasteiger partial charge in [0.25, 0.3) is 11.9 Å². The maximum absolute atomic E-state index is 4.75. The molecule has 0 saturated heterocycles. The minimum absolute atomic E-state index is 0.249. The lowest BCUT2D eigenvalue weighted by atomic mass is 10.2. The second kappa shape index (κ2) is 5.13. The Morgan fingerprint density at radius 1 is 1.18 bits per heavy atom. The summed E-state index contributed by atoms with van der Waals surface area (Å²) >= 11 is 0. The van der Waals surface area contributed by atoms with Crippen LogP contribution >= 0.6 is 0 Å². The quantitative estimate of drug-likeness (QED) is 0.639. The lowest BCUT2D eigenvalue weighted by Gasteiger charge is -2.04. The van der Waals surface area contributed by atoms with Crippen LogP contribution in [0, 0.1) is 0 Å². The highest BCUT2D eigenvalue weighted by molar-refractivity contribution is 5.57. The molecule has 6 heteroatoms. The third-order valence-corrected chi connectivity index (χ3v) is 1.99. The van der Waals surface area contributed by atoms with E-state index in [1.165, 1.54) is 7.11 Å². The van der Waals surface area contributed by atoms with E-state index < -0.39 is 0 Å². The van der Waals surface area contributed by atoms with Crippen molar-refractivity contribution in [1.29, 1.82) is 0 Å². The Balaban J connectivity index is 2.46. The van der Waals surface area contributed by atoms with E-state index in [0.717, 1.165) is 5.56 Å². The Bertz CT molecular complexity index is 515. The predicted molar refractivity (Wildman–Crippen MR) is 65.1 cm³/mol. The molecule has 0 bridgehead atoms. The Hall–Kier alpha value is -2.34. The highest BCUT2D eigenvalue weighted by Gasteiger charge is 2.06. The van der Waals surface area contributed by atoms with Crippen LogP contribution in [0.1, 0.15) is 0 Å². The third-order valence-electron chi connectivity index (χ3n) is 1.99. The van der Waals surface area contributed by atoms with Gasteiger partial charge in [-0.15, -0.1) is 0 Å². The third kappa shape index (κ3) is 2.61. The summed E-state index contributed by atoms with van der Waals surface area (Å²) in [6.07, 6.45) is 0. The largest absolute Gasteiger partial charge is 0.277 e. The van der Waals surface area contributed by atoms with Gasteiger partial charge in [0.05, 0.1) is 7.11 Å². The number of hydrogen-bond donors (Lipinski definition) is 1. The van der Waals surface area contributed by atoms with Gasteiger partial charge in [0.2, 0.25) is 0 Å². The molecular formula is C11H11N5O. The van der Waals surface area contributed by atoms with Crippen LogP contribution in [-0.4, -0.2) is 28.8 Å². The van der Waals surface area contributed by atoms with Crippen molar-refractivity contribution in [3.63, 3.8) is 0 Å². The number of aliphatic imine (C=N–C) groups is 1. The first-order valence-electron chi connectivity index (χ1n) is 4.90. The first kappa shape index (κ1) is 11.2. The van der Waals surface area contributed by atoms with Crippen molar-refractivity contribution in [2.45, 2.75) is 0 Å². The fourth-order valence-corrected chi connectivity index (χ4v) is 1.29. The molecule has 0 atom stereocenters. The summed E-state index contributed by atoms with van der Waals surface area (Å²) in [6, 6.07) is 9.54. The number of anilines is 1. The van der Waals surface area contributed by atoms with Gasteiger partial charge < -0.3 is 0 Å². The monoisotopic (exact) mass is 229 g/mol. The molecule has 0 saturated carbocycles. The number of rotatable bonds is 4. The van der Waals surface area contributed by atoms with E-state index in [2.05, 4.69) is 32.1 Å². The number of hydrogen-bond acceptors (Lipinski definition) is 6. The van der Waals surface area contributed by atoms with Gasteiger partial charge in [-0.05, 0) is 6.72 Å².